The lowest BCUT2D eigenvalue weighted by Gasteiger charge is -2.28. The van der Waals surface area contributed by atoms with Crippen LogP contribution in [0.15, 0.2) is 53.1 Å². The quantitative estimate of drug-likeness (QED) is 0.608. The third-order valence-corrected chi connectivity index (χ3v) is 7.39. The van der Waals surface area contributed by atoms with Crippen LogP contribution in [0.1, 0.15) is 23.1 Å². The van der Waals surface area contributed by atoms with Crippen molar-refractivity contribution in [3.05, 3.63) is 70.4 Å². The zero-order valence-corrected chi connectivity index (χ0v) is 17.7. The number of amides is 1. The second-order valence-electron chi connectivity index (χ2n) is 7.64. The van der Waals surface area contributed by atoms with E-state index in [1.165, 1.54) is 0 Å². The van der Waals surface area contributed by atoms with Gasteiger partial charge in [0.1, 0.15) is 5.58 Å². The van der Waals surface area contributed by atoms with Gasteiger partial charge in [-0.05, 0) is 43.2 Å². The Bertz CT molecular complexity index is 1150. The van der Waals surface area contributed by atoms with Crippen LogP contribution in [0.5, 0.6) is 0 Å². The molecule has 0 aliphatic carbocycles. The summed E-state index contributed by atoms with van der Waals surface area (Å²) < 4.78 is 29.6. The standard InChI is InChI=1S/C22H22ClNO4S/c1-15-2-7-21-20(10-15)17(13-28-21)11-22(25)24(19-8-9-29(26,27)14-19)12-16-3-5-18(23)6-4-16/h2-7,10,13,19H,8-9,11-12,14H2,1H3/t19-/m1/s1. The van der Waals surface area contributed by atoms with Crippen LogP contribution in [0.3, 0.4) is 0 Å². The highest BCUT2D eigenvalue weighted by molar-refractivity contribution is 7.91. The molecule has 1 atom stereocenters. The first-order valence-corrected chi connectivity index (χ1v) is 11.7. The minimum atomic E-state index is -3.11. The lowest BCUT2D eigenvalue weighted by atomic mass is 10.1. The highest BCUT2D eigenvalue weighted by atomic mass is 35.5. The largest absolute Gasteiger partial charge is 0.464 e. The predicted molar refractivity (Wildman–Crippen MR) is 114 cm³/mol. The first-order valence-electron chi connectivity index (χ1n) is 9.52. The molecule has 0 radical (unpaired) electrons. The molecular formula is C22H22ClNO4S. The summed E-state index contributed by atoms with van der Waals surface area (Å²) in [7, 11) is -3.11. The molecule has 1 saturated heterocycles. The number of fused-ring (bicyclic) bond motifs is 1. The first-order chi connectivity index (χ1) is 13.8. The lowest BCUT2D eigenvalue weighted by molar-refractivity contribution is -0.133. The second kappa shape index (κ2) is 7.84. The smallest absolute Gasteiger partial charge is 0.227 e. The number of rotatable bonds is 5. The molecule has 1 aliphatic heterocycles. The van der Waals surface area contributed by atoms with E-state index in [1.807, 2.05) is 37.3 Å². The third-order valence-electron chi connectivity index (χ3n) is 5.39. The summed E-state index contributed by atoms with van der Waals surface area (Å²) >= 11 is 5.97. The van der Waals surface area contributed by atoms with Crippen molar-refractivity contribution in [1.29, 1.82) is 0 Å². The molecule has 1 amide bonds. The Morgan fingerprint density at radius 1 is 1.21 bits per heavy atom. The third kappa shape index (κ3) is 4.49. The van der Waals surface area contributed by atoms with Crippen LogP contribution in [-0.4, -0.2) is 36.8 Å². The molecular weight excluding hydrogens is 410 g/mol. The summed E-state index contributed by atoms with van der Waals surface area (Å²) in [4.78, 5) is 15.0. The van der Waals surface area contributed by atoms with Gasteiger partial charge in [0, 0.05) is 28.6 Å². The van der Waals surface area contributed by atoms with Crippen LogP contribution >= 0.6 is 11.6 Å². The van der Waals surface area contributed by atoms with Gasteiger partial charge in [0.15, 0.2) is 9.84 Å². The van der Waals surface area contributed by atoms with Crippen molar-refractivity contribution in [2.45, 2.75) is 32.4 Å². The minimum absolute atomic E-state index is 0.0115. The van der Waals surface area contributed by atoms with Crippen molar-refractivity contribution in [1.82, 2.24) is 4.90 Å². The number of benzene rings is 2. The van der Waals surface area contributed by atoms with Gasteiger partial charge in [-0.15, -0.1) is 0 Å². The molecule has 1 fully saturated rings. The minimum Gasteiger partial charge on any atom is -0.464 e. The number of aryl methyl sites for hydroxylation is 1. The van der Waals surface area contributed by atoms with Crippen LogP contribution in [0.25, 0.3) is 11.0 Å². The number of nitrogens with zero attached hydrogens (tertiary/aromatic N) is 1. The Hall–Kier alpha value is -2.31. The molecule has 0 N–H and O–H groups in total. The number of halogens is 1. The highest BCUT2D eigenvalue weighted by Crippen LogP contribution is 2.26. The maximum atomic E-state index is 13.3. The van der Waals surface area contributed by atoms with Gasteiger partial charge in [0.2, 0.25) is 5.91 Å². The van der Waals surface area contributed by atoms with Gasteiger partial charge < -0.3 is 9.32 Å². The van der Waals surface area contributed by atoms with Crippen molar-refractivity contribution in [2.75, 3.05) is 11.5 Å². The topological polar surface area (TPSA) is 67.6 Å². The normalized spacial score (nSPS) is 18.2. The molecule has 7 heteroatoms. The zero-order valence-electron chi connectivity index (χ0n) is 16.1. The molecule has 152 valence electrons. The Morgan fingerprint density at radius 2 is 1.97 bits per heavy atom. The van der Waals surface area contributed by atoms with Gasteiger partial charge >= 0.3 is 0 Å². The van der Waals surface area contributed by atoms with E-state index < -0.39 is 9.84 Å². The van der Waals surface area contributed by atoms with Crippen molar-refractivity contribution in [2.24, 2.45) is 0 Å². The molecule has 2 heterocycles. The van der Waals surface area contributed by atoms with Crippen LogP contribution in [0.2, 0.25) is 5.02 Å². The number of hydrogen-bond donors (Lipinski definition) is 0. The monoisotopic (exact) mass is 431 g/mol. The molecule has 29 heavy (non-hydrogen) atoms. The van der Waals surface area contributed by atoms with E-state index in [2.05, 4.69) is 0 Å². The van der Waals surface area contributed by atoms with E-state index in [0.717, 1.165) is 27.7 Å². The molecule has 3 aromatic rings. The van der Waals surface area contributed by atoms with Crippen molar-refractivity contribution in [3.63, 3.8) is 0 Å². The molecule has 5 nitrogen and oxygen atoms in total. The summed E-state index contributed by atoms with van der Waals surface area (Å²) in [6.07, 6.45) is 2.25. The van der Waals surface area contributed by atoms with E-state index in [-0.39, 0.29) is 29.9 Å². The highest BCUT2D eigenvalue weighted by Gasteiger charge is 2.34. The molecule has 0 spiro atoms. The van der Waals surface area contributed by atoms with Gasteiger partial charge in [-0.3, -0.25) is 4.79 Å². The van der Waals surface area contributed by atoms with E-state index in [0.29, 0.717) is 18.0 Å². The molecule has 2 aromatic carbocycles. The number of hydrogen-bond acceptors (Lipinski definition) is 4. The summed E-state index contributed by atoms with van der Waals surface area (Å²) in [5, 5.41) is 1.54. The maximum absolute atomic E-state index is 13.3. The number of furan rings is 1. The number of sulfone groups is 1. The SMILES string of the molecule is Cc1ccc2occ(CC(=O)N(Cc3ccc(Cl)cc3)[C@@H]3CCS(=O)(=O)C3)c2c1. The fourth-order valence-corrected chi connectivity index (χ4v) is 5.68. The number of carbonyl (C=O) groups is 1. The van der Waals surface area contributed by atoms with Gasteiger partial charge in [0.25, 0.3) is 0 Å². The summed E-state index contributed by atoms with van der Waals surface area (Å²) in [5.74, 6) is 0.0271. The average molecular weight is 432 g/mol. The van der Waals surface area contributed by atoms with Crippen LogP contribution in [-0.2, 0) is 27.6 Å². The summed E-state index contributed by atoms with van der Waals surface area (Å²) in [6.45, 7) is 2.35. The average Bonchev–Trinajstić information content (AvgIpc) is 3.23. The Labute approximate surface area is 175 Å². The Morgan fingerprint density at radius 3 is 2.66 bits per heavy atom. The zero-order chi connectivity index (χ0) is 20.6. The van der Waals surface area contributed by atoms with Crippen LogP contribution < -0.4 is 0 Å². The van der Waals surface area contributed by atoms with E-state index in [1.54, 1.807) is 23.3 Å². The van der Waals surface area contributed by atoms with E-state index in [4.69, 9.17) is 16.0 Å². The van der Waals surface area contributed by atoms with Gasteiger partial charge in [-0.25, -0.2) is 8.42 Å². The maximum Gasteiger partial charge on any atom is 0.227 e. The summed E-state index contributed by atoms with van der Waals surface area (Å²) in [6, 6.07) is 12.8. The number of carbonyl (C=O) groups excluding carboxylic acids is 1. The van der Waals surface area contributed by atoms with E-state index in [9.17, 15) is 13.2 Å². The van der Waals surface area contributed by atoms with Gasteiger partial charge in [0.05, 0.1) is 24.2 Å². The predicted octanol–water partition coefficient (Wildman–Crippen LogP) is 4.15. The molecule has 4 rings (SSSR count). The fraction of sp³-hybridized carbons (Fsp3) is 0.318. The molecule has 1 aromatic heterocycles. The van der Waals surface area contributed by atoms with Gasteiger partial charge in [-0.2, -0.15) is 0 Å². The van der Waals surface area contributed by atoms with Crippen molar-refractivity contribution in [3.8, 4) is 0 Å². The molecule has 0 bridgehead atoms. The first kappa shape index (κ1) is 20.0. The molecule has 1 aliphatic rings. The molecule has 0 unspecified atom stereocenters. The fourth-order valence-electron chi connectivity index (χ4n) is 3.83. The van der Waals surface area contributed by atoms with Crippen LogP contribution in [0.4, 0.5) is 0 Å². The lowest BCUT2D eigenvalue weighted by Crippen LogP contribution is -2.41. The van der Waals surface area contributed by atoms with Crippen LogP contribution in [0, 0.1) is 6.92 Å². The second-order valence-corrected chi connectivity index (χ2v) is 10.3. The Kier molecular flexibility index (Phi) is 5.40. The molecule has 0 saturated carbocycles. The van der Waals surface area contributed by atoms with Gasteiger partial charge in [-0.1, -0.05) is 35.4 Å². The summed E-state index contributed by atoms with van der Waals surface area (Å²) in [5.41, 5.74) is 3.56. The van der Waals surface area contributed by atoms with Crippen molar-refractivity contribution >= 4 is 38.3 Å². The van der Waals surface area contributed by atoms with E-state index >= 15 is 0 Å². The Balaban J connectivity index is 1.61. The van der Waals surface area contributed by atoms with Crippen molar-refractivity contribution < 1.29 is 17.6 Å².